The van der Waals surface area contributed by atoms with Crippen molar-refractivity contribution in [2.45, 2.75) is 49.6 Å². The zero-order chi connectivity index (χ0) is 23.2. The zero-order valence-electron chi connectivity index (χ0n) is 18.3. The number of nitrogens with two attached hydrogens (primary N) is 1. The average molecular weight is 479 g/mol. The molecule has 2 aromatic carbocycles. The van der Waals surface area contributed by atoms with E-state index < -0.39 is 32.3 Å². The fourth-order valence-corrected chi connectivity index (χ4v) is 5.09. The van der Waals surface area contributed by atoms with Crippen LogP contribution in [0.15, 0.2) is 40.2 Å². The summed E-state index contributed by atoms with van der Waals surface area (Å²) in [6.45, 7) is 1.41. The summed E-state index contributed by atoms with van der Waals surface area (Å²) in [7, 11) is -4.75. The normalized spacial score (nSPS) is 20.5. The van der Waals surface area contributed by atoms with Gasteiger partial charge in [-0.05, 0) is 44.6 Å². The van der Waals surface area contributed by atoms with Gasteiger partial charge < -0.3 is 21.1 Å². The molecule has 0 atom stereocenters. The summed E-state index contributed by atoms with van der Waals surface area (Å²) in [5, 5.41) is 14.4. The fraction of sp³-hybridized carbons (Fsp3) is 0.318. The standard InChI is InChI=1S/C22H23N3O6S.Na/c1-11(26)24-12-6-8-13(9-7-12)25-16-10-17(32(29,30)31)20(23)19-18(16)21(27)14-4-2-3-5-15(14)22(19)28;/h2-5,10,12-13,25H,6-9,23H2,1H3,(H,24,26)(H,29,30,31);/q;+1/p-1. The first kappa shape index (κ1) is 25.4. The van der Waals surface area contributed by atoms with Crippen LogP contribution in [0.4, 0.5) is 11.4 Å². The minimum Gasteiger partial charge on any atom is -0.862 e. The Morgan fingerprint density at radius 1 is 1.09 bits per heavy atom. The third-order valence-electron chi connectivity index (χ3n) is 5.90. The topological polar surface area (TPSA) is 162 Å². The van der Waals surface area contributed by atoms with Crippen LogP contribution in [0.3, 0.4) is 0 Å². The second kappa shape index (κ2) is 9.55. The first-order chi connectivity index (χ1) is 15.1. The summed E-state index contributed by atoms with van der Waals surface area (Å²) in [6, 6.07) is 7.13. The second-order valence-corrected chi connectivity index (χ2v) is 9.45. The van der Waals surface area contributed by atoms with Crippen molar-refractivity contribution in [1.29, 1.82) is 0 Å². The number of ketones is 2. The molecule has 11 heteroatoms. The van der Waals surface area contributed by atoms with Gasteiger partial charge in [0.1, 0.15) is 4.90 Å². The molecule has 1 saturated carbocycles. The van der Waals surface area contributed by atoms with Crippen LogP contribution in [0.1, 0.15) is 64.4 Å². The van der Waals surface area contributed by atoms with Gasteiger partial charge in [-0.1, -0.05) is 24.3 Å². The number of carbonyl (C=O) groups is 2. The molecule has 0 heterocycles. The Kier molecular flexibility index (Phi) is 7.35. The van der Waals surface area contributed by atoms with Crippen LogP contribution < -0.4 is 45.7 Å². The van der Waals surface area contributed by atoms with E-state index in [-0.39, 0.29) is 75.5 Å². The quantitative estimate of drug-likeness (QED) is 0.138. The molecule has 1 fully saturated rings. The molecular weight excluding hydrogens is 457 g/mol. The van der Waals surface area contributed by atoms with E-state index in [0.717, 1.165) is 6.07 Å². The van der Waals surface area contributed by atoms with Crippen LogP contribution >= 0.6 is 0 Å². The number of hydrogen-bond donors (Lipinski definition) is 3. The molecule has 0 saturated heterocycles. The molecule has 9 nitrogen and oxygen atoms in total. The zero-order valence-corrected chi connectivity index (χ0v) is 21.1. The predicted molar refractivity (Wildman–Crippen MR) is 117 cm³/mol. The van der Waals surface area contributed by atoms with Gasteiger partial charge in [-0.3, -0.25) is 14.1 Å². The van der Waals surface area contributed by atoms with E-state index >= 15 is 0 Å². The summed E-state index contributed by atoms with van der Waals surface area (Å²) >= 11 is 0. The van der Waals surface area contributed by atoms with E-state index in [2.05, 4.69) is 10.3 Å². The maximum Gasteiger partial charge on any atom is 1.00 e. The molecule has 33 heavy (non-hydrogen) atoms. The van der Waals surface area contributed by atoms with Gasteiger partial charge in [-0.15, -0.1) is 0 Å². The van der Waals surface area contributed by atoms with Gasteiger partial charge >= 0.3 is 29.6 Å². The summed E-state index contributed by atoms with van der Waals surface area (Å²) in [4.78, 5) is 29.9. The molecule has 2 aliphatic carbocycles. The van der Waals surface area contributed by atoms with Crippen molar-refractivity contribution in [3.63, 3.8) is 0 Å². The minimum atomic E-state index is -4.75. The number of fused-ring (bicyclic) bond motifs is 2. The first-order valence-electron chi connectivity index (χ1n) is 10.2. The molecule has 4 N–H and O–H groups in total. The van der Waals surface area contributed by atoms with Crippen molar-refractivity contribution in [2.24, 2.45) is 4.99 Å². The van der Waals surface area contributed by atoms with Gasteiger partial charge in [0.15, 0.2) is 11.6 Å². The summed E-state index contributed by atoms with van der Waals surface area (Å²) in [6.07, 6.45) is 2.55. The first-order valence-corrected chi connectivity index (χ1v) is 11.6. The number of nitrogens with one attached hydrogen (secondary N) is 1. The van der Waals surface area contributed by atoms with Crippen molar-refractivity contribution in [3.05, 3.63) is 52.6 Å². The van der Waals surface area contributed by atoms with Crippen molar-refractivity contribution in [1.82, 2.24) is 0 Å². The molecule has 0 radical (unpaired) electrons. The van der Waals surface area contributed by atoms with E-state index in [1.807, 2.05) is 0 Å². The fourth-order valence-electron chi connectivity index (χ4n) is 4.45. The molecule has 0 bridgehead atoms. The van der Waals surface area contributed by atoms with E-state index in [1.54, 1.807) is 12.1 Å². The van der Waals surface area contributed by atoms with Crippen LogP contribution in [0.2, 0.25) is 0 Å². The van der Waals surface area contributed by atoms with Crippen LogP contribution in [0, 0.1) is 0 Å². The summed E-state index contributed by atoms with van der Waals surface area (Å²) in [5.74, 6) is -1.26. The number of rotatable bonds is 4. The largest absolute Gasteiger partial charge is 1.00 e. The van der Waals surface area contributed by atoms with Crippen molar-refractivity contribution in [3.8, 4) is 0 Å². The molecule has 2 aliphatic rings. The SMILES string of the molecule is CC([O-])=NC1CCC(Nc2cc(S(=O)(=O)O)c(N)c3c2C(=O)c2ccccc2C3=O)CC1.[Na+]. The van der Waals surface area contributed by atoms with Crippen LogP contribution in [-0.2, 0) is 10.1 Å². The van der Waals surface area contributed by atoms with Crippen LogP contribution in [0.5, 0.6) is 0 Å². The van der Waals surface area contributed by atoms with Gasteiger partial charge in [-0.2, -0.15) is 8.42 Å². The van der Waals surface area contributed by atoms with E-state index in [0.29, 0.717) is 25.7 Å². The Bertz CT molecular complexity index is 1260. The van der Waals surface area contributed by atoms with E-state index in [4.69, 9.17) is 5.73 Å². The van der Waals surface area contributed by atoms with Crippen molar-refractivity contribution < 1.29 is 57.2 Å². The van der Waals surface area contributed by atoms with E-state index in [9.17, 15) is 27.7 Å². The molecule has 2 aromatic rings. The third-order valence-corrected chi connectivity index (χ3v) is 6.79. The second-order valence-electron chi connectivity index (χ2n) is 8.06. The Morgan fingerprint density at radius 2 is 1.64 bits per heavy atom. The number of aliphatic imine (C=N–C) groups is 1. The Hall–Kier alpha value is -2.24. The molecule has 168 valence electrons. The number of nitrogen functional groups attached to an aromatic ring is 1. The number of anilines is 2. The number of carbonyl (C=O) groups excluding carboxylic acids is 2. The maximum absolute atomic E-state index is 13.3. The smallest absolute Gasteiger partial charge is 0.862 e. The predicted octanol–water partition coefficient (Wildman–Crippen LogP) is -1.20. The molecule has 0 spiro atoms. The van der Waals surface area contributed by atoms with Crippen molar-refractivity contribution >= 4 is 39.0 Å². The minimum absolute atomic E-state index is 0. The number of nitrogens with zero attached hydrogens (tertiary/aromatic N) is 1. The molecular formula is C22H22N3NaO6S. The molecule has 0 aromatic heterocycles. The monoisotopic (exact) mass is 479 g/mol. The molecule has 0 unspecified atom stereocenters. The Balaban J connectivity index is 0.00000306. The van der Waals surface area contributed by atoms with Gasteiger partial charge in [-0.25, -0.2) is 0 Å². The van der Waals surface area contributed by atoms with Gasteiger partial charge in [0.25, 0.3) is 10.1 Å². The maximum atomic E-state index is 13.3. The van der Waals surface area contributed by atoms with Crippen molar-refractivity contribution in [2.75, 3.05) is 11.1 Å². The molecule has 0 amide bonds. The number of benzene rings is 2. The van der Waals surface area contributed by atoms with Gasteiger partial charge in [0, 0.05) is 28.9 Å². The number of hydrogen-bond acceptors (Lipinski definition) is 8. The van der Waals surface area contributed by atoms with Crippen LogP contribution in [-0.4, -0.2) is 42.5 Å². The Labute approximate surface area is 213 Å². The van der Waals surface area contributed by atoms with Crippen LogP contribution in [0.25, 0.3) is 0 Å². The van der Waals surface area contributed by atoms with Gasteiger partial charge in [0.05, 0.1) is 16.8 Å². The molecule has 0 aliphatic heterocycles. The van der Waals surface area contributed by atoms with E-state index in [1.165, 1.54) is 19.1 Å². The Morgan fingerprint density at radius 3 is 2.15 bits per heavy atom. The van der Waals surface area contributed by atoms with Gasteiger partial charge in [0.2, 0.25) is 0 Å². The summed E-state index contributed by atoms with van der Waals surface area (Å²) < 4.78 is 33.6. The average Bonchev–Trinajstić information content (AvgIpc) is 2.73. The summed E-state index contributed by atoms with van der Waals surface area (Å²) in [5.41, 5.74) is 5.75. The third kappa shape index (κ3) is 4.85. The molecule has 4 rings (SSSR count).